The van der Waals surface area contributed by atoms with Gasteiger partial charge in [-0.15, -0.1) is 0 Å². The summed E-state index contributed by atoms with van der Waals surface area (Å²) in [4.78, 5) is 3.91. The number of benzene rings is 2. The van der Waals surface area contributed by atoms with Crippen LogP contribution in [0.2, 0.25) is 5.02 Å². The number of hydrogen-bond acceptors (Lipinski definition) is 3. The molecule has 3 aromatic rings. The topological polar surface area (TPSA) is 42.7 Å². The Morgan fingerprint density at radius 2 is 1.95 bits per heavy atom. The minimum atomic E-state index is -0.405. The van der Waals surface area contributed by atoms with E-state index in [2.05, 4.69) is 15.4 Å². The number of anilines is 1. The highest BCUT2D eigenvalue weighted by Gasteiger charge is 2.01. The first-order valence-electron chi connectivity index (χ1n) is 6.35. The lowest BCUT2D eigenvalue weighted by Crippen LogP contribution is -2.00. The van der Waals surface area contributed by atoms with Crippen LogP contribution in [0.5, 0.6) is 0 Å². The van der Waals surface area contributed by atoms with Crippen LogP contribution in [0.3, 0.4) is 0 Å². The fourth-order valence-corrected chi connectivity index (χ4v) is 2.13. The van der Waals surface area contributed by atoms with Crippen molar-refractivity contribution in [3.05, 3.63) is 71.5 Å². The smallest absolute Gasteiger partial charge is 0.141 e. The molecule has 1 heterocycles. The first kappa shape index (κ1) is 13.6. The number of nitrogens with one attached hydrogen (secondary N) is 1. The average molecular weight is 303 g/mol. The molecule has 3 rings (SSSR count). The van der Waals surface area contributed by atoms with E-state index in [4.69, 9.17) is 11.6 Å². The van der Waals surface area contributed by atoms with Crippen molar-refractivity contribution in [2.45, 2.75) is 6.54 Å². The molecule has 1 N–H and O–H groups in total. The van der Waals surface area contributed by atoms with Gasteiger partial charge in [-0.1, -0.05) is 17.7 Å². The van der Waals surface area contributed by atoms with Crippen LogP contribution in [0.25, 0.3) is 5.69 Å². The van der Waals surface area contributed by atoms with E-state index in [1.807, 2.05) is 24.3 Å². The molecule has 21 heavy (non-hydrogen) atoms. The standard InChI is InChI=1S/C15H12ClFN4/c16-14-7-11(1-6-15(14)17)8-19-12-2-4-13(5-3-12)21-10-18-9-20-21/h1-7,9-10,19H,8H2. The van der Waals surface area contributed by atoms with E-state index >= 15 is 0 Å². The van der Waals surface area contributed by atoms with Crippen LogP contribution in [0.1, 0.15) is 5.56 Å². The van der Waals surface area contributed by atoms with Crippen LogP contribution >= 0.6 is 11.6 Å². The number of rotatable bonds is 4. The lowest BCUT2D eigenvalue weighted by Gasteiger charge is -2.08. The molecule has 1 aromatic heterocycles. The molecule has 0 aliphatic carbocycles. The number of nitrogens with zero attached hydrogens (tertiary/aromatic N) is 3. The first-order valence-corrected chi connectivity index (χ1v) is 6.73. The van der Waals surface area contributed by atoms with Crippen molar-refractivity contribution < 1.29 is 4.39 Å². The SMILES string of the molecule is Fc1ccc(CNc2ccc(-n3cncn3)cc2)cc1Cl. The largest absolute Gasteiger partial charge is 0.381 e. The van der Waals surface area contributed by atoms with Gasteiger partial charge in [0.1, 0.15) is 18.5 Å². The Kier molecular flexibility index (Phi) is 3.83. The quantitative estimate of drug-likeness (QED) is 0.799. The molecule has 0 aliphatic rings. The van der Waals surface area contributed by atoms with Crippen molar-refractivity contribution in [2.75, 3.05) is 5.32 Å². The summed E-state index contributed by atoms with van der Waals surface area (Å²) in [6, 6.07) is 12.5. The van der Waals surface area contributed by atoms with Gasteiger partial charge in [0.05, 0.1) is 10.7 Å². The Hall–Kier alpha value is -2.40. The lowest BCUT2D eigenvalue weighted by molar-refractivity contribution is 0.627. The van der Waals surface area contributed by atoms with Crippen LogP contribution in [0.4, 0.5) is 10.1 Å². The summed E-state index contributed by atoms with van der Waals surface area (Å²) < 4.78 is 14.8. The fraction of sp³-hybridized carbons (Fsp3) is 0.0667. The zero-order valence-corrected chi connectivity index (χ0v) is 11.8. The molecule has 0 unspecified atom stereocenters. The molecular formula is C15H12ClFN4. The van der Waals surface area contributed by atoms with E-state index in [1.54, 1.807) is 23.1 Å². The van der Waals surface area contributed by atoms with Gasteiger partial charge in [0.25, 0.3) is 0 Å². The van der Waals surface area contributed by atoms with Crippen LogP contribution in [-0.2, 0) is 6.54 Å². The van der Waals surface area contributed by atoms with E-state index in [9.17, 15) is 4.39 Å². The third-order valence-electron chi connectivity index (χ3n) is 3.03. The van der Waals surface area contributed by atoms with Gasteiger partial charge in [-0.25, -0.2) is 14.1 Å². The summed E-state index contributed by atoms with van der Waals surface area (Å²) in [6.07, 6.45) is 3.13. The van der Waals surface area contributed by atoms with Crippen LogP contribution < -0.4 is 5.32 Å². The van der Waals surface area contributed by atoms with Gasteiger partial charge >= 0.3 is 0 Å². The zero-order chi connectivity index (χ0) is 14.7. The van der Waals surface area contributed by atoms with Gasteiger partial charge < -0.3 is 5.32 Å². The monoisotopic (exact) mass is 302 g/mol. The molecule has 0 radical (unpaired) electrons. The second kappa shape index (κ2) is 5.93. The maximum Gasteiger partial charge on any atom is 0.141 e. The molecule has 4 nitrogen and oxygen atoms in total. The van der Waals surface area contributed by atoms with Gasteiger partial charge in [0, 0.05) is 12.2 Å². The Labute approximate surface area is 126 Å². The van der Waals surface area contributed by atoms with Gasteiger partial charge in [0.2, 0.25) is 0 Å². The highest BCUT2D eigenvalue weighted by molar-refractivity contribution is 6.30. The van der Waals surface area contributed by atoms with E-state index < -0.39 is 5.82 Å². The maximum atomic E-state index is 13.1. The molecule has 6 heteroatoms. The van der Waals surface area contributed by atoms with Crippen molar-refractivity contribution in [1.29, 1.82) is 0 Å². The van der Waals surface area contributed by atoms with E-state index in [1.165, 1.54) is 12.4 Å². The van der Waals surface area contributed by atoms with Crippen molar-refractivity contribution in [3.63, 3.8) is 0 Å². The van der Waals surface area contributed by atoms with E-state index in [0.717, 1.165) is 16.9 Å². The van der Waals surface area contributed by atoms with Crippen LogP contribution in [0.15, 0.2) is 55.1 Å². The highest BCUT2D eigenvalue weighted by Crippen LogP contribution is 2.18. The summed E-state index contributed by atoms with van der Waals surface area (Å²) in [5.74, 6) is -0.405. The molecule has 0 saturated heterocycles. The predicted octanol–water partition coefficient (Wildman–Crippen LogP) is 3.67. The third-order valence-corrected chi connectivity index (χ3v) is 3.32. The molecule has 0 saturated carbocycles. The average Bonchev–Trinajstić information content (AvgIpc) is 3.03. The number of aromatic nitrogens is 3. The molecule has 0 aliphatic heterocycles. The van der Waals surface area contributed by atoms with E-state index in [0.29, 0.717) is 6.54 Å². The van der Waals surface area contributed by atoms with Gasteiger partial charge in [-0.05, 0) is 42.0 Å². The number of halogens is 2. The molecule has 0 spiro atoms. The summed E-state index contributed by atoms with van der Waals surface area (Å²) >= 11 is 5.76. The molecule has 106 valence electrons. The van der Waals surface area contributed by atoms with Crippen molar-refractivity contribution in [2.24, 2.45) is 0 Å². The minimum absolute atomic E-state index is 0.135. The van der Waals surface area contributed by atoms with Crippen LogP contribution in [-0.4, -0.2) is 14.8 Å². The maximum absolute atomic E-state index is 13.1. The normalized spacial score (nSPS) is 10.6. The van der Waals surface area contributed by atoms with E-state index in [-0.39, 0.29) is 5.02 Å². The lowest BCUT2D eigenvalue weighted by atomic mass is 10.2. The Balaban J connectivity index is 1.66. The molecule has 2 aromatic carbocycles. The van der Waals surface area contributed by atoms with Gasteiger partial charge in [-0.3, -0.25) is 0 Å². The summed E-state index contributed by atoms with van der Waals surface area (Å²) in [5, 5.41) is 7.45. The number of hydrogen-bond donors (Lipinski definition) is 1. The second-order valence-corrected chi connectivity index (χ2v) is 4.90. The van der Waals surface area contributed by atoms with Crippen molar-refractivity contribution in [1.82, 2.24) is 14.8 Å². The molecule has 0 bridgehead atoms. The highest BCUT2D eigenvalue weighted by atomic mass is 35.5. The third kappa shape index (κ3) is 3.20. The first-order chi connectivity index (χ1) is 10.2. The molecule has 0 amide bonds. The molecular weight excluding hydrogens is 291 g/mol. The van der Waals surface area contributed by atoms with Crippen LogP contribution in [0, 0.1) is 5.82 Å². The Bertz CT molecular complexity index is 726. The summed E-state index contributed by atoms with van der Waals surface area (Å²) in [6.45, 7) is 0.572. The molecule has 0 fully saturated rings. The fourth-order valence-electron chi connectivity index (χ4n) is 1.93. The second-order valence-electron chi connectivity index (χ2n) is 4.49. The van der Waals surface area contributed by atoms with Gasteiger partial charge in [0.15, 0.2) is 0 Å². The van der Waals surface area contributed by atoms with Gasteiger partial charge in [-0.2, -0.15) is 5.10 Å². The zero-order valence-electron chi connectivity index (χ0n) is 11.0. The summed E-state index contributed by atoms with van der Waals surface area (Å²) in [5.41, 5.74) is 2.81. The minimum Gasteiger partial charge on any atom is -0.381 e. The van der Waals surface area contributed by atoms with Crippen molar-refractivity contribution in [3.8, 4) is 5.69 Å². The Morgan fingerprint density at radius 3 is 2.62 bits per heavy atom. The molecule has 0 atom stereocenters. The predicted molar refractivity (Wildman–Crippen MR) is 80.1 cm³/mol. The Morgan fingerprint density at radius 1 is 1.14 bits per heavy atom. The van der Waals surface area contributed by atoms with Crippen molar-refractivity contribution >= 4 is 17.3 Å². The summed E-state index contributed by atoms with van der Waals surface area (Å²) in [7, 11) is 0.